The SMILES string of the molecule is CC(C)(C)c1cc(Oc2[c-]c3c(cc2)c2ccccc2n3-c2cc(C(C)(C)C)ccn2)[c-]c(N2[CH-]N(c3cc(C(C)(C)C)cc(C(C)(C)c4ccccc4)c3)c3cc(C(C)(C)C)ccc32)c1.[Pt]. The van der Waals surface area contributed by atoms with E-state index < -0.39 is 0 Å². The molecule has 0 fully saturated rings. The Kier molecular flexibility index (Phi) is 12.2. The number of fused-ring (bicyclic) bond motifs is 4. The zero-order chi connectivity index (χ0) is 47.1. The van der Waals surface area contributed by atoms with Crippen molar-refractivity contribution in [2.75, 3.05) is 9.80 Å². The number of rotatable bonds is 7. The molecule has 348 valence electrons. The fourth-order valence-electron chi connectivity index (χ4n) is 9.03. The molecular weight excluding hydrogens is 1000 g/mol. The minimum absolute atomic E-state index is 0. The minimum Gasteiger partial charge on any atom is -0.509 e. The molecule has 0 spiro atoms. The van der Waals surface area contributed by atoms with E-state index in [1.807, 2.05) is 12.3 Å². The molecule has 0 N–H and O–H groups in total. The van der Waals surface area contributed by atoms with E-state index in [0.29, 0.717) is 11.5 Å². The van der Waals surface area contributed by atoms with Gasteiger partial charge in [0.2, 0.25) is 0 Å². The van der Waals surface area contributed by atoms with Gasteiger partial charge in [-0.25, -0.2) is 4.98 Å². The maximum atomic E-state index is 6.90. The molecule has 0 aliphatic carbocycles. The quantitative estimate of drug-likeness (QED) is 0.149. The van der Waals surface area contributed by atoms with Crippen molar-refractivity contribution in [1.29, 1.82) is 0 Å². The summed E-state index contributed by atoms with van der Waals surface area (Å²) in [6.45, 7) is 34.2. The Labute approximate surface area is 414 Å². The van der Waals surface area contributed by atoms with E-state index in [-0.39, 0.29) is 48.1 Å². The Morgan fingerprint density at radius 3 is 1.79 bits per heavy atom. The average molecular weight is 1070 g/mol. The third-order valence-electron chi connectivity index (χ3n) is 13.4. The van der Waals surface area contributed by atoms with Crippen molar-refractivity contribution in [2.45, 2.75) is 124 Å². The Hall–Kier alpha value is -5.64. The third-order valence-corrected chi connectivity index (χ3v) is 13.4. The number of aromatic nitrogens is 2. The fourth-order valence-corrected chi connectivity index (χ4v) is 9.03. The monoisotopic (exact) mass is 1060 g/mol. The van der Waals surface area contributed by atoms with Crippen LogP contribution in [0.3, 0.4) is 0 Å². The van der Waals surface area contributed by atoms with Crippen molar-refractivity contribution < 1.29 is 25.8 Å². The summed E-state index contributed by atoms with van der Waals surface area (Å²) in [7, 11) is 0. The maximum absolute atomic E-state index is 6.90. The summed E-state index contributed by atoms with van der Waals surface area (Å²) in [6, 6.07) is 53.8. The second-order valence-corrected chi connectivity index (χ2v) is 22.9. The number of benzene rings is 6. The third kappa shape index (κ3) is 9.21. The summed E-state index contributed by atoms with van der Waals surface area (Å²) in [6.07, 6.45) is 1.91. The number of ether oxygens (including phenoxy) is 1. The first-order valence-corrected chi connectivity index (χ1v) is 23.4. The number of hydrogen-bond acceptors (Lipinski definition) is 4. The van der Waals surface area contributed by atoms with Gasteiger partial charge in [0.25, 0.3) is 0 Å². The standard InChI is InChI=1S/C61H65N4O.Pt/c1-57(2,3)41-24-27-53-55(35-41)64(46-31-43(59(7,8)9)30-45(33-46)61(13,14)40-20-16-15-17-21-40)39-63(53)47-32-44(60(10,11)12)34-49(37-47)66-48-25-26-51-50-22-18-19-23-52(50)65(54(51)38-48)56-36-42(28-29-62-56)58(4,5)6;/h15-36,39H,1-14H3;/q-3;. The van der Waals surface area contributed by atoms with Crippen molar-refractivity contribution >= 4 is 44.6 Å². The van der Waals surface area contributed by atoms with Gasteiger partial charge in [0, 0.05) is 66.8 Å². The van der Waals surface area contributed by atoms with Crippen molar-refractivity contribution in [3.63, 3.8) is 0 Å². The van der Waals surface area contributed by atoms with Gasteiger partial charge in [-0.1, -0.05) is 163 Å². The summed E-state index contributed by atoms with van der Waals surface area (Å²) in [5, 5.41) is 2.24. The zero-order valence-corrected chi connectivity index (χ0v) is 44.1. The number of nitrogens with zero attached hydrogens (tertiary/aromatic N) is 4. The van der Waals surface area contributed by atoms with Gasteiger partial charge in [0.1, 0.15) is 5.82 Å². The number of anilines is 4. The number of hydrogen-bond donors (Lipinski definition) is 0. The Morgan fingerprint density at radius 2 is 1.10 bits per heavy atom. The van der Waals surface area contributed by atoms with Crippen LogP contribution in [0.2, 0.25) is 0 Å². The summed E-state index contributed by atoms with van der Waals surface area (Å²) < 4.78 is 9.11. The van der Waals surface area contributed by atoms with Crippen LogP contribution >= 0.6 is 0 Å². The molecule has 8 aromatic rings. The first kappa shape index (κ1) is 47.8. The van der Waals surface area contributed by atoms with Gasteiger partial charge in [-0.2, -0.15) is 6.07 Å². The molecule has 0 bridgehead atoms. The van der Waals surface area contributed by atoms with Gasteiger partial charge in [-0.05, 0) is 97.3 Å². The van der Waals surface area contributed by atoms with E-state index in [9.17, 15) is 0 Å². The summed E-state index contributed by atoms with van der Waals surface area (Å²) in [5.74, 6) is 2.10. The molecule has 1 aliphatic heterocycles. The summed E-state index contributed by atoms with van der Waals surface area (Å²) in [4.78, 5) is 9.57. The topological polar surface area (TPSA) is 33.5 Å². The molecular formula is C61H65N4OPt-3. The predicted molar refractivity (Wildman–Crippen MR) is 278 cm³/mol. The normalized spacial score (nSPS) is 13.6. The van der Waals surface area contributed by atoms with Crippen LogP contribution in [-0.4, -0.2) is 9.55 Å². The molecule has 0 amide bonds. The van der Waals surface area contributed by atoms with E-state index in [0.717, 1.165) is 55.9 Å². The van der Waals surface area contributed by atoms with Crippen LogP contribution in [0.5, 0.6) is 11.5 Å². The Balaban J connectivity index is 0.00000608. The van der Waals surface area contributed by atoms with Gasteiger partial charge >= 0.3 is 0 Å². The van der Waals surface area contributed by atoms with Gasteiger partial charge < -0.3 is 19.1 Å². The van der Waals surface area contributed by atoms with Gasteiger partial charge in [-0.3, -0.25) is 0 Å². The zero-order valence-electron chi connectivity index (χ0n) is 41.8. The molecule has 3 heterocycles. The molecule has 6 heteroatoms. The van der Waals surface area contributed by atoms with E-state index >= 15 is 0 Å². The van der Waals surface area contributed by atoms with Crippen LogP contribution in [0, 0.1) is 18.8 Å². The fraction of sp³-hybridized carbons (Fsp3) is 0.311. The molecule has 5 nitrogen and oxygen atoms in total. The van der Waals surface area contributed by atoms with E-state index in [2.05, 4.69) is 251 Å². The second-order valence-electron chi connectivity index (χ2n) is 22.9. The van der Waals surface area contributed by atoms with Crippen LogP contribution in [0.25, 0.3) is 27.6 Å². The summed E-state index contributed by atoms with van der Waals surface area (Å²) in [5.41, 5.74) is 13.2. The number of pyridine rings is 1. The van der Waals surface area contributed by atoms with Gasteiger partial charge in [0.15, 0.2) is 0 Å². The van der Waals surface area contributed by atoms with Crippen molar-refractivity contribution in [1.82, 2.24) is 9.55 Å². The van der Waals surface area contributed by atoms with Gasteiger partial charge in [0.05, 0.1) is 0 Å². The largest absolute Gasteiger partial charge is 0.509 e. The first-order valence-electron chi connectivity index (χ1n) is 23.4. The van der Waals surface area contributed by atoms with E-state index in [1.165, 1.54) is 27.8 Å². The molecule has 9 rings (SSSR count). The van der Waals surface area contributed by atoms with Crippen LogP contribution in [0.15, 0.2) is 134 Å². The van der Waals surface area contributed by atoms with Crippen LogP contribution < -0.4 is 14.5 Å². The number of para-hydroxylation sites is 1. The molecule has 0 saturated heterocycles. The summed E-state index contributed by atoms with van der Waals surface area (Å²) >= 11 is 0. The minimum atomic E-state index is -0.227. The molecule has 0 saturated carbocycles. The van der Waals surface area contributed by atoms with Gasteiger partial charge in [-0.15, -0.1) is 53.6 Å². The maximum Gasteiger partial charge on any atom is 0.135 e. The first-order chi connectivity index (χ1) is 31.0. The molecule has 6 aromatic carbocycles. The van der Waals surface area contributed by atoms with Crippen LogP contribution in [0.1, 0.15) is 130 Å². The van der Waals surface area contributed by atoms with E-state index in [4.69, 9.17) is 9.72 Å². The second kappa shape index (κ2) is 17.1. The molecule has 2 aromatic heterocycles. The van der Waals surface area contributed by atoms with Crippen LogP contribution in [0.4, 0.5) is 22.7 Å². The van der Waals surface area contributed by atoms with E-state index in [1.54, 1.807) is 0 Å². The average Bonchev–Trinajstić information content (AvgIpc) is 3.81. The molecule has 0 unspecified atom stereocenters. The Morgan fingerprint density at radius 1 is 0.478 bits per heavy atom. The van der Waals surface area contributed by atoms with Crippen molar-refractivity contribution in [3.05, 3.63) is 186 Å². The molecule has 1 aliphatic rings. The molecule has 67 heavy (non-hydrogen) atoms. The smallest absolute Gasteiger partial charge is 0.135 e. The van der Waals surface area contributed by atoms with Crippen molar-refractivity contribution in [2.24, 2.45) is 0 Å². The molecule has 0 radical (unpaired) electrons. The predicted octanol–water partition coefficient (Wildman–Crippen LogP) is 16.5. The van der Waals surface area contributed by atoms with Crippen LogP contribution in [-0.2, 0) is 48.1 Å². The molecule has 0 atom stereocenters. The van der Waals surface area contributed by atoms with Crippen molar-refractivity contribution in [3.8, 4) is 17.3 Å². The Bertz CT molecular complexity index is 3120.